The minimum atomic E-state index is -5.11. The quantitative estimate of drug-likeness (QED) is 0.650. The minimum absolute atomic E-state index is 0.0391. The highest BCUT2D eigenvalue weighted by Gasteiger charge is 2.68. The number of aliphatic hydroxyl groups is 1. The Morgan fingerprint density at radius 3 is 2.76 bits per heavy atom. The van der Waals surface area contributed by atoms with Crippen molar-refractivity contribution in [1.29, 1.82) is 0 Å². The lowest BCUT2D eigenvalue weighted by Crippen LogP contribution is -2.61. The first-order valence-corrected chi connectivity index (χ1v) is 7.61. The van der Waals surface area contributed by atoms with Crippen LogP contribution in [0.3, 0.4) is 0 Å². The summed E-state index contributed by atoms with van der Waals surface area (Å²) in [6.07, 6.45) is -3.67. The van der Waals surface area contributed by atoms with Gasteiger partial charge in [-0.05, 0) is 25.3 Å². The van der Waals surface area contributed by atoms with Crippen molar-refractivity contribution in [3.8, 4) is 0 Å². The van der Waals surface area contributed by atoms with Crippen molar-refractivity contribution < 1.29 is 28.0 Å². The smallest absolute Gasteiger partial charge is 0.362 e. The van der Waals surface area contributed by atoms with Gasteiger partial charge in [-0.25, -0.2) is 0 Å². The molecule has 1 amide bonds. The van der Waals surface area contributed by atoms with E-state index < -0.39 is 34.3 Å². The fourth-order valence-corrected chi connectivity index (χ4v) is 3.29. The van der Waals surface area contributed by atoms with E-state index in [1.165, 1.54) is 6.07 Å². The Morgan fingerprint density at radius 2 is 2.12 bits per heavy atom. The van der Waals surface area contributed by atoms with Crippen molar-refractivity contribution in [1.82, 2.24) is 5.01 Å². The zero-order valence-electron chi connectivity index (χ0n) is 12.9. The van der Waals surface area contributed by atoms with Crippen LogP contribution in [-0.4, -0.2) is 38.6 Å². The molecule has 1 heterocycles. The molecule has 25 heavy (non-hydrogen) atoms. The number of amides is 1. The van der Waals surface area contributed by atoms with Gasteiger partial charge in [0, 0.05) is 23.4 Å². The van der Waals surface area contributed by atoms with Gasteiger partial charge in [0.2, 0.25) is 0 Å². The molecular weight excluding hydrogens is 343 g/mol. The van der Waals surface area contributed by atoms with Crippen molar-refractivity contribution in [3.05, 3.63) is 39.9 Å². The van der Waals surface area contributed by atoms with Gasteiger partial charge >= 0.3 is 6.18 Å². The van der Waals surface area contributed by atoms with Gasteiger partial charge in [0.25, 0.3) is 17.3 Å². The van der Waals surface area contributed by atoms with Gasteiger partial charge in [0.05, 0.1) is 10.8 Å². The van der Waals surface area contributed by atoms with E-state index in [4.69, 9.17) is 0 Å². The molecule has 1 fully saturated rings. The Bertz CT molecular complexity index is 765. The molecule has 1 aliphatic carbocycles. The maximum Gasteiger partial charge on any atom is 0.439 e. The topological polar surface area (TPSA) is 96.0 Å². The second-order valence-electron chi connectivity index (χ2n) is 6.04. The largest absolute Gasteiger partial charge is 0.439 e. The van der Waals surface area contributed by atoms with Gasteiger partial charge in [-0.2, -0.15) is 23.3 Å². The van der Waals surface area contributed by atoms with E-state index in [0.717, 1.165) is 18.2 Å². The molecular formula is C15H14F3N3O4. The van der Waals surface area contributed by atoms with Gasteiger partial charge < -0.3 is 5.11 Å². The van der Waals surface area contributed by atoms with Crippen LogP contribution in [-0.2, 0) is 0 Å². The summed E-state index contributed by atoms with van der Waals surface area (Å²) in [5, 5.41) is 25.0. The van der Waals surface area contributed by atoms with Gasteiger partial charge in [-0.1, -0.05) is 12.5 Å². The molecule has 10 heteroatoms. The van der Waals surface area contributed by atoms with Crippen molar-refractivity contribution >= 4 is 17.3 Å². The second-order valence-corrected chi connectivity index (χ2v) is 6.04. The van der Waals surface area contributed by atoms with E-state index in [2.05, 4.69) is 5.10 Å². The Labute approximate surface area is 139 Å². The third kappa shape index (κ3) is 2.66. The van der Waals surface area contributed by atoms with Crippen LogP contribution in [0.1, 0.15) is 36.0 Å². The second kappa shape index (κ2) is 5.80. The molecule has 2 aliphatic rings. The third-order valence-electron chi connectivity index (χ3n) is 4.53. The van der Waals surface area contributed by atoms with E-state index in [9.17, 15) is 33.2 Å². The number of hydrogen-bond acceptors (Lipinski definition) is 5. The molecule has 1 aliphatic heterocycles. The highest BCUT2D eigenvalue weighted by Crippen LogP contribution is 2.48. The number of rotatable bonds is 2. The maximum atomic E-state index is 13.6. The number of alkyl halides is 3. The number of fused-ring (bicyclic) bond motifs is 1. The number of nitro groups is 1. The predicted octanol–water partition coefficient (Wildman–Crippen LogP) is 2.85. The highest BCUT2D eigenvalue weighted by atomic mass is 19.4. The van der Waals surface area contributed by atoms with E-state index in [0.29, 0.717) is 12.8 Å². The lowest BCUT2D eigenvalue weighted by atomic mass is 9.80. The highest BCUT2D eigenvalue weighted by molar-refractivity contribution is 5.99. The van der Waals surface area contributed by atoms with Crippen LogP contribution in [0.2, 0.25) is 0 Å². The summed E-state index contributed by atoms with van der Waals surface area (Å²) in [5.74, 6) is -2.55. The first-order valence-electron chi connectivity index (χ1n) is 7.61. The number of benzene rings is 1. The first-order chi connectivity index (χ1) is 11.7. The third-order valence-corrected chi connectivity index (χ3v) is 4.53. The fourth-order valence-electron chi connectivity index (χ4n) is 3.29. The summed E-state index contributed by atoms with van der Waals surface area (Å²) in [7, 11) is 0. The predicted molar refractivity (Wildman–Crippen MR) is 79.7 cm³/mol. The monoisotopic (exact) mass is 357 g/mol. The van der Waals surface area contributed by atoms with E-state index in [-0.39, 0.29) is 29.1 Å². The minimum Gasteiger partial charge on any atom is -0.362 e. The molecule has 0 aromatic heterocycles. The van der Waals surface area contributed by atoms with Crippen LogP contribution in [0.4, 0.5) is 18.9 Å². The number of hydrogen-bond donors (Lipinski definition) is 1. The Balaban J connectivity index is 2.04. The molecule has 0 unspecified atom stereocenters. The summed E-state index contributed by atoms with van der Waals surface area (Å²) in [4.78, 5) is 22.6. The fraction of sp³-hybridized carbons (Fsp3) is 0.467. The van der Waals surface area contributed by atoms with E-state index in [1.807, 2.05) is 0 Å². The number of halogens is 3. The summed E-state index contributed by atoms with van der Waals surface area (Å²) < 4.78 is 40.9. The van der Waals surface area contributed by atoms with E-state index in [1.54, 1.807) is 0 Å². The van der Waals surface area contributed by atoms with Crippen LogP contribution in [0, 0.1) is 16.0 Å². The molecule has 1 N–H and O–H groups in total. The average molecular weight is 357 g/mol. The molecule has 1 aromatic rings. The standard InChI is InChI=1S/C15H14F3N3O4/c16-15(17,18)14(23)11-6-1-2-7-12(11)19-20(14)13(22)9-4-3-5-10(8-9)21(24)25/h3-5,8,11,23H,1-2,6-7H2/t11-,14+/m1/s1. The average Bonchev–Trinajstić information content (AvgIpc) is 2.89. The summed E-state index contributed by atoms with van der Waals surface area (Å²) in [6.45, 7) is 0. The lowest BCUT2D eigenvalue weighted by molar-refractivity contribution is -0.384. The van der Waals surface area contributed by atoms with Crippen molar-refractivity contribution in [2.24, 2.45) is 11.0 Å². The van der Waals surface area contributed by atoms with Gasteiger partial charge in [0.15, 0.2) is 0 Å². The molecule has 134 valence electrons. The molecule has 0 spiro atoms. The van der Waals surface area contributed by atoms with Crippen molar-refractivity contribution in [2.45, 2.75) is 37.6 Å². The lowest BCUT2D eigenvalue weighted by Gasteiger charge is -2.38. The Kier molecular flexibility index (Phi) is 4.02. The molecule has 0 radical (unpaired) electrons. The Morgan fingerprint density at radius 1 is 1.40 bits per heavy atom. The van der Waals surface area contributed by atoms with Gasteiger partial charge in [-0.15, -0.1) is 0 Å². The normalized spacial score (nSPS) is 26.2. The molecule has 3 rings (SSSR count). The maximum absolute atomic E-state index is 13.6. The molecule has 1 saturated carbocycles. The van der Waals surface area contributed by atoms with Gasteiger partial charge in [0.1, 0.15) is 0 Å². The van der Waals surface area contributed by atoms with Crippen LogP contribution in [0.5, 0.6) is 0 Å². The van der Waals surface area contributed by atoms with Crippen LogP contribution in [0.25, 0.3) is 0 Å². The van der Waals surface area contributed by atoms with Gasteiger partial charge in [-0.3, -0.25) is 14.9 Å². The molecule has 7 nitrogen and oxygen atoms in total. The molecule has 2 atom stereocenters. The van der Waals surface area contributed by atoms with Crippen LogP contribution >= 0.6 is 0 Å². The summed E-state index contributed by atoms with van der Waals surface area (Å²) in [5.41, 5.74) is -4.10. The zero-order chi connectivity index (χ0) is 18.4. The van der Waals surface area contributed by atoms with Crippen LogP contribution < -0.4 is 0 Å². The number of nitro benzene ring substituents is 1. The number of carbonyl (C=O) groups is 1. The zero-order valence-corrected chi connectivity index (χ0v) is 12.9. The number of nitrogens with zero attached hydrogens (tertiary/aromatic N) is 3. The molecule has 1 aromatic carbocycles. The number of carbonyl (C=O) groups excluding carboxylic acids is 1. The summed E-state index contributed by atoms with van der Waals surface area (Å²) in [6, 6.07) is 4.31. The first kappa shape index (κ1) is 17.3. The van der Waals surface area contributed by atoms with Crippen molar-refractivity contribution in [2.75, 3.05) is 0 Å². The molecule has 0 saturated heterocycles. The SMILES string of the molecule is O=C(c1cccc([N+](=O)[O-])c1)N1N=C2CCCC[C@H]2[C@]1(O)C(F)(F)F. The van der Waals surface area contributed by atoms with E-state index >= 15 is 0 Å². The molecule has 0 bridgehead atoms. The summed E-state index contributed by atoms with van der Waals surface area (Å²) >= 11 is 0. The van der Waals surface area contributed by atoms with Crippen LogP contribution in [0.15, 0.2) is 29.4 Å². The van der Waals surface area contributed by atoms with Crippen molar-refractivity contribution in [3.63, 3.8) is 0 Å². The Hall–Kier alpha value is -2.49. The number of hydrazone groups is 1. The number of non-ortho nitro benzene ring substituents is 1.